The van der Waals surface area contributed by atoms with Gasteiger partial charge in [-0.2, -0.15) is 5.10 Å². The summed E-state index contributed by atoms with van der Waals surface area (Å²) in [6, 6.07) is 17.3. The lowest BCUT2D eigenvalue weighted by Crippen LogP contribution is -2.36. The second-order valence-electron chi connectivity index (χ2n) is 8.58. The first-order valence-electron chi connectivity index (χ1n) is 11.6. The third kappa shape index (κ3) is 5.07. The van der Waals surface area contributed by atoms with E-state index in [1.54, 1.807) is 42.5 Å². The average molecular weight is 488 g/mol. The number of ether oxygens (including phenoxy) is 1. The number of hydrazone groups is 1. The van der Waals surface area contributed by atoms with Gasteiger partial charge in [0.25, 0.3) is 5.91 Å². The maximum absolute atomic E-state index is 13.1. The molecule has 1 heterocycles. The van der Waals surface area contributed by atoms with E-state index in [-0.39, 0.29) is 36.6 Å². The van der Waals surface area contributed by atoms with Crippen LogP contribution in [0.25, 0.3) is 11.1 Å². The minimum absolute atomic E-state index is 0.0635. The summed E-state index contributed by atoms with van der Waals surface area (Å²) in [5, 5.41) is 16.7. The number of hydrazine groups is 1. The molecule has 0 bridgehead atoms. The molecule has 36 heavy (non-hydrogen) atoms. The van der Waals surface area contributed by atoms with Crippen LogP contribution in [0.3, 0.4) is 0 Å². The Balaban J connectivity index is 1.56. The second kappa shape index (κ2) is 10.6. The van der Waals surface area contributed by atoms with E-state index in [9.17, 15) is 14.7 Å². The van der Waals surface area contributed by atoms with Crippen LogP contribution in [0.15, 0.2) is 65.8 Å². The van der Waals surface area contributed by atoms with E-state index in [1.807, 2.05) is 39.0 Å². The number of anilines is 2. The highest BCUT2D eigenvalue weighted by Gasteiger charge is 2.35. The summed E-state index contributed by atoms with van der Waals surface area (Å²) in [5.74, 6) is -0.832. The molecule has 0 aliphatic carbocycles. The number of phenols is 1. The largest absolute Gasteiger partial charge is 0.505 e. The third-order valence-corrected chi connectivity index (χ3v) is 6.00. The van der Waals surface area contributed by atoms with Gasteiger partial charge in [-0.1, -0.05) is 30.3 Å². The number of aromatic hydroxyl groups is 1. The number of para-hydroxylation sites is 1. The van der Waals surface area contributed by atoms with Gasteiger partial charge in [-0.15, -0.1) is 0 Å². The van der Waals surface area contributed by atoms with Gasteiger partial charge in [0, 0.05) is 12.1 Å². The molecule has 3 aromatic rings. The van der Waals surface area contributed by atoms with Gasteiger partial charge in [0.15, 0.2) is 0 Å². The molecule has 3 aromatic carbocycles. The fraction of sp³-hybridized carbons (Fsp3) is 0.222. The smallest absolute Gasteiger partial charge is 0.338 e. The van der Waals surface area contributed by atoms with E-state index in [4.69, 9.17) is 10.5 Å². The highest BCUT2D eigenvalue weighted by molar-refractivity contribution is 6.47. The molecule has 1 saturated heterocycles. The maximum atomic E-state index is 13.1. The summed E-state index contributed by atoms with van der Waals surface area (Å²) in [5.41, 5.74) is 16.4. The lowest BCUT2D eigenvalue weighted by Gasteiger charge is -2.17. The Labute approximate surface area is 209 Å². The molecule has 1 unspecified atom stereocenters. The third-order valence-electron chi connectivity index (χ3n) is 6.00. The lowest BCUT2D eigenvalue weighted by molar-refractivity contribution is -0.112. The summed E-state index contributed by atoms with van der Waals surface area (Å²) < 4.78 is 5.09. The van der Waals surface area contributed by atoms with Gasteiger partial charge in [0.05, 0.1) is 23.0 Å². The molecule has 1 atom stereocenters. The van der Waals surface area contributed by atoms with Crippen molar-refractivity contribution >= 4 is 29.0 Å². The predicted octanol–water partition coefficient (Wildman–Crippen LogP) is 3.50. The molecular weight excluding hydrogens is 458 g/mol. The van der Waals surface area contributed by atoms with E-state index in [2.05, 4.69) is 16.0 Å². The van der Waals surface area contributed by atoms with Crippen molar-refractivity contribution in [1.29, 1.82) is 0 Å². The number of nitrogens with one attached hydrogen (secondary N) is 2. The number of phenolic OH excluding ortho intramolecular Hbond substituents is 1. The van der Waals surface area contributed by atoms with Crippen LogP contribution in [-0.4, -0.2) is 41.9 Å². The van der Waals surface area contributed by atoms with Gasteiger partial charge in [0.2, 0.25) is 0 Å². The molecular formula is C27H29N5O4. The molecule has 0 radical (unpaired) electrons. The Morgan fingerprint density at radius 1 is 1.14 bits per heavy atom. The van der Waals surface area contributed by atoms with Crippen LogP contribution in [0.2, 0.25) is 0 Å². The van der Waals surface area contributed by atoms with Crippen molar-refractivity contribution in [3.05, 3.63) is 77.4 Å². The van der Waals surface area contributed by atoms with E-state index in [0.29, 0.717) is 22.4 Å². The van der Waals surface area contributed by atoms with Crippen LogP contribution in [-0.2, 0) is 9.53 Å². The van der Waals surface area contributed by atoms with Crippen LogP contribution in [0.5, 0.6) is 5.75 Å². The Morgan fingerprint density at radius 3 is 2.67 bits per heavy atom. The van der Waals surface area contributed by atoms with Crippen molar-refractivity contribution in [3.63, 3.8) is 0 Å². The van der Waals surface area contributed by atoms with Gasteiger partial charge in [-0.05, 0) is 67.8 Å². The van der Waals surface area contributed by atoms with Crippen molar-refractivity contribution in [2.24, 2.45) is 10.8 Å². The van der Waals surface area contributed by atoms with Crippen molar-refractivity contribution in [2.45, 2.75) is 26.8 Å². The SMILES string of the molecule is Cc1ccc(N2NC(C)/C(=N/Nc3cccc(-c4cccc(C(=O)OCCN)c4)c3O)C2=O)cc1C. The maximum Gasteiger partial charge on any atom is 0.338 e. The number of carbonyl (C=O) groups excluding carboxylic acids is 2. The number of rotatable bonds is 7. The van der Waals surface area contributed by atoms with Crippen molar-refractivity contribution < 1.29 is 19.4 Å². The van der Waals surface area contributed by atoms with Crippen LogP contribution >= 0.6 is 0 Å². The van der Waals surface area contributed by atoms with Gasteiger partial charge in [0.1, 0.15) is 18.1 Å². The minimum atomic E-state index is -0.489. The Morgan fingerprint density at radius 2 is 1.92 bits per heavy atom. The molecule has 0 saturated carbocycles. The Hall–Kier alpha value is -4.21. The molecule has 1 amide bonds. The summed E-state index contributed by atoms with van der Waals surface area (Å²) in [6.45, 7) is 6.21. The summed E-state index contributed by atoms with van der Waals surface area (Å²) in [4.78, 5) is 25.3. The topological polar surface area (TPSA) is 129 Å². The highest BCUT2D eigenvalue weighted by Crippen LogP contribution is 2.36. The van der Waals surface area contributed by atoms with Crippen LogP contribution in [0.1, 0.15) is 28.4 Å². The van der Waals surface area contributed by atoms with Gasteiger partial charge in [-0.25, -0.2) is 15.2 Å². The zero-order valence-corrected chi connectivity index (χ0v) is 20.4. The van der Waals surface area contributed by atoms with Crippen LogP contribution in [0, 0.1) is 13.8 Å². The van der Waals surface area contributed by atoms with Crippen molar-refractivity contribution in [2.75, 3.05) is 23.6 Å². The number of esters is 1. The van der Waals surface area contributed by atoms with E-state index in [1.165, 1.54) is 5.01 Å². The Kier molecular flexibility index (Phi) is 7.33. The summed E-state index contributed by atoms with van der Waals surface area (Å²) in [7, 11) is 0. The quantitative estimate of drug-likeness (QED) is 0.228. The number of nitrogens with zero attached hydrogens (tertiary/aromatic N) is 2. The molecule has 186 valence electrons. The van der Waals surface area contributed by atoms with E-state index >= 15 is 0 Å². The molecule has 1 fully saturated rings. The lowest BCUT2D eigenvalue weighted by atomic mass is 10.0. The normalized spacial score (nSPS) is 16.4. The monoisotopic (exact) mass is 487 g/mol. The van der Waals surface area contributed by atoms with Crippen LogP contribution < -0.4 is 21.6 Å². The zero-order valence-electron chi connectivity index (χ0n) is 20.4. The molecule has 5 N–H and O–H groups in total. The van der Waals surface area contributed by atoms with Crippen molar-refractivity contribution in [3.8, 4) is 16.9 Å². The van der Waals surface area contributed by atoms with Gasteiger partial charge >= 0.3 is 5.97 Å². The highest BCUT2D eigenvalue weighted by atomic mass is 16.5. The second-order valence-corrected chi connectivity index (χ2v) is 8.58. The molecule has 4 rings (SSSR count). The molecule has 9 heteroatoms. The fourth-order valence-corrected chi connectivity index (χ4v) is 3.85. The fourth-order valence-electron chi connectivity index (χ4n) is 3.85. The number of hydrogen-bond donors (Lipinski definition) is 4. The number of benzene rings is 3. The van der Waals surface area contributed by atoms with E-state index in [0.717, 1.165) is 16.8 Å². The zero-order chi connectivity index (χ0) is 25.8. The van der Waals surface area contributed by atoms with Crippen LogP contribution in [0.4, 0.5) is 11.4 Å². The van der Waals surface area contributed by atoms with Crippen molar-refractivity contribution in [1.82, 2.24) is 5.43 Å². The predicted molar refractivity (Wildman–Crippen MR) is 140 cm³/mol. The number of aryl methyl sites for hydroxylation is 2. The van der Waals surface area contributed by atoms with Gasteiger partial charge < -0.3 is 15.6 Å². The first-order chi connectivity index (χ1) is 17.3. The molecule has 1 aliphatic heterocycles. The number of nitrogens with two attached hydrogens (primary N) is 1. The summed E-state index contributed by atoms with van der Waals surface area (Å²) >= 11 is 0. The molecule has 0 aromatic heterocycles. The Bertz CT molecular complexity index is 1340. The molecule has 1 aliphatic rings. The number of hydrogen-bond acceptors (Lipinski definition) is 8. The molecule has 0 spiro atoms. The standard InChI is InChI=1S/C27H29N5O4/c1-16-10-11-21(14-17(16)2)32-26(34)24(18(3)31-32)30-29-23-9-5-8-22(25(23)33)19-6-4-7-20(15-19)27(35)36-13-12-28/h4-11,14-15,18,29,31,33H,12-13,28H2,1-3H3/b30-24-. The van der Waals surface area contributed by atoms with Gasteiger partial charge in [-0.3, -0.25) is 10.2 Å². The first-order valence-corrected chi connectivity index (χ1v) is 11.6. The minimum Gasteiger partial charge on any atom is -0.505 e. The average Bonchev–Trinajstić information content (AvgIpc) is 3.16. The number of amides is 1. The molecule has 9 nitrogen and oxygen atoms in total. The number of carbonyl (C=O) groups is 2. The first kappa shape index (κ1) is 24.9. The van der Waals surface area contributed by atoms with E-state index < -0.39 is 5.97 Å². The summed E-state index contributed by atoms with van der Waals surface area (Å²) in [6.07, 6.45) is 0.